The van der Waals surface area contributed by atoms with Crippen LogP contribution in [0.25, 0.3) is 0 Å². The molecule has 0 bridgehead atoms. The lowest BCUT2D eigenvalue weighted by atomic mass is 9.72. The molecule has 4 amide bonds. The molecular formula is C36H59N5O6S. The average Bonchev–Trinajstić information content (AvgIpc) is 3.02. The van der Waals surface area contributed by atoms with Crippen LogP contribution in [-0.2, 0) is 25.8 Å². The first kappa shape index (κ1) is 38.1. The van der Waals surface area contributed by atoms with E-state index in [-0.39, 0.29) is 18.9 Å². The minimum Gasteiger partial charge on any atom is -0.390 e. The largest absolute Gasteiger partial charge is 0.390 e. The Kier molecular flexibility index (Phi) is 12.6. The molecule has 1 saturated carbocycles. The Bertz CT molecular complexity index is 1360. The van der Waals surface area contributed by atoms with Gasteiger partial charge in [-0.25, -0.2) is 13.2 Å². The molecule has 270 valence electrons. The van der Waals surface area contributed by atoms with Crippen molar-refractivity contribution in [3.8, 4) is 0 Å². The number of hydrogen-bond donors (Lipinski definition) is 4. The van der Waals surface area contributed by atoms with Crippen LogP contribution in [0.1, 0.15) is 91.5 Å². The monoisotopic (exact) mass is 689 g/mol. The molecule has 4 rings (SSSR count). The molecule has 6 atom stereocenters. The summed E-state index contributed by atoms with van der Waals surface area (Å²) in [4.78, 5) is 44.8. The van der Waals surface area contributed by atoms with Gasteiger partial charge in [-0.1, -0.05) is 49.6 Å². The highest BCUT2D eigenvalue weighted by Crippen LogP contribution is 2.39. The molecule has 1 aliphatic carbocycles. The van der Waals surface area contributed by atoms with Gasteiger partial charge in [-0.3, -0.25) is 14.5 Å². The highest BCUT2D eigenvalue weighted by molar-refractivity contribution is 7.92. The van der Waals surface area contributed by atoms with Crippen LogP contribution in [0.5, 0.6) is 0 Å². The maximum absolute atomic E-state index is 14.2. The van der Waals surface area contributed by atoms with Gasteiger partial charge in [-0.15, -0.1) is 0 Å². The van der Waals surface area contributed by atoms with E-state index in [4.69, 9.17) is 0 Å². The molecule has 0 radical (unpaired) electrons. The van der Waals surface area contributed by atoms with E-state index in [1.807, 2.05) is 51.1 Å². The minimum atomic E-state index is -3.81. The van der Waals surface area contributed by atoms with Gasteiger partial charge in [0.25, 0.3) is 0 Å². The molecule has 4 N–H and O–H groups in total. The number of carbonyl (C=O) groups is 3. The number of rotatable bonds is 11. The third-order valence-corrected chi connectivity index (χ3v) is 12.8. The number of hydrogen-bond acceptors (Lipinski definition) is 7. The van der Waals surface area contributed by atoms with Crippen LogP contribution in [0.15, 0.2) is 30.3 Å². The summed E-state index contributed by atoms with van der Waals surface area (Å²) in [5.74, 6) is 0.170. The molecule has 2 heterocycles. The fraction of sp³-hybridized carbons (Fsp3) is 0.750. The molecule has 11 nitrogen and oxygen atoms in total. The van der Waals surface area contributed by atoms with Gasteiger partial charge in [0.05, 0.1) is 22.9 Å². The molecule has 2 aliphatic heterocycles. The number of fused-ring (bicyclic) bond motifs is 1. The van der Waals surface area contributed by atoms with Crippen molar-refractivity contribution in [2.24, 2.45) is 11.8 Å². The molecule has 1 aromatic carbocycles. The Morgan fingerprint density at radius 3 is 2.15 bits per heavy atom. The molecule has 0 aromatic heterocycles. The number of urea groups is 1. The summed E-state index contributed by atoms with van der Waals surface area (Å²) < 4.78 is 24.4. The lowest BCUT2D eigenvalue weighted by Gasteiger charge is -2.47. The first-order chi connectivity index (χ1) is 22.5. The molecule has 3 aliphatic rings. The number of piperidine rings is 2. The zero-order chi connectivity index (χ0) is 35.3. The topological polar surface area (TPSA) is 148 Å². The molecular weight excluding hydrogens is 630 g/mol. The van der Waals surface area contributed by atoms with E-state index in [0.29, 0.717) is 31.5 Å². The quantitative estimate of drug-likeness (QED) is 0.279. The van der Waals surface area contributed by atoms with Crippen molar-refractivity contribution in [1.29, 1.82) is 0 Å². The van der Waals surface area contributed by atoms with Gasteiger partial charge in [0, 0.05) is 38.0 Å². The van der Waals surface area contributed by atoms with Crippen LogP contribution in [0.3, 0.4) is 0 Å². The number of carbonyl (C=O) groups excluding carboxylic acids is 3. The number of β-amino-alcohol motifs (C(OH)–C–C–N with tert-alkyl or cyclic N) is 1. The summed E-state index contributed by atoms with van der Waals surface area (Å²) >= 11 is 0. The Balaban J connectivity index is 1.60. The zero-order valence-corrected chi connectivity index (χ0v) is 30.7. The van der Waals surface area contributed by atoms with Crippen molar-refractivity contribution >= 4 is 27.7 Å². The van der Waals surface area contributed by atoms with E-state index in [2.05, 4.69) is 20.9 Å². The SMILES string of the molecule is CC(C)(C)NC(=O)C1C[C@@H]2CCCC[C@@H]2CN1CC(O)C(Cc1ccccc1)NC(=O)[C@@H](NC(=O)N1CCCCC1)C(C)(C)S(C)(=O)=O. The normalized spacial score (nSPS) is 24.5. The molecule has 1 aromatic rings. The Morgan fingerprint density at radius 1 is 0.917 bits per heavy atom. The Labute approximate surface area is 287 Å². The van der Waals surface area contributed by atoms with Gasteiger partial charge < -0.3 is 26.0 Å². The van der Waals surface area contributed by atoms with E-state index < -0.39 is 56.3 Å². The van der Waals surface area contributed by atoms with E-state index >= 15 is 0 Å². The number of nitrogens with one attached hydrogen (secondary N) is 3. The number of benzene rings is 1. The third kappa shape index (κ3) is 9.94. The summed E-state index contributed by atoms with van der Waals surface area (Å²) in [6.07, 6.45) is 8.20. The van der Waals surface area contributed by atoms with E-state index in [9.17, 15) is 27.9 Å². The van der Waals surface area contributed by atoms with Crippen LogP contribution >= 0.6 is 0 Å². The van der Waals surface area contributed by atoms with E-state index in [0.717, 1.165) is 56.8 Å². The van der Waals surface area contributed by atoms with Gasteiger partial charge in [-0.2, -0.15) is 0 Å². The van der Waals surface area contributed by atoms with Crippen LogP contribution in [0.4, 0.5) is 4.79 Å². The number of aliphatic hydroxyl groups is 1. The van der Waals surface area contributed by atoms with Gasteiger partial charge in [0.15, 0.2) is 9.84 Å². The van der Waals surface area contributed by atoms with Crippen molar-refractivity contribution in [2.45, 2.75) is 127 Å². The molecule has 3 unspecified atom stereocenters. The standard InChI is InChI=1S/C36H59N5O6S/c1-35(2,3)39-32(43)29-22-26-17-11-12-18-27(26)23-41(29)24-30(42)28(21-25-15-9-7-10-16-25)37-33(44)31(36(4,5)48(6,46)47)38-34(45)40-19-13-8-14-20-40/h7,9-10,15-16,26-31,42H,8,11-14,17-24H2,1-6H3,(H,37,44)(H,38,45)(H,39,43)/t26-,27+,28?,29?,30?,31+/m0/s1. The predicted octanol–water partition coefficient (Wildman–Crippen LogP) is 3.26. The fourth-order valence-electron chi connectivity index (χ4n) is 7.49. The third-order valence-electron chi connectivity index (χ3n) is 10.6. The van der Waals surface area contributed by atoms with Crippen molar-refractivity contribution in [2.75, 3.05) is 32.4 Å². The summed E-state index contributed by atoms with van der Waals surface area (Å²) in [5, 5.41) is 20.8. The molecule has 2 saturated heterocycles. The fourth-order valence-corrected chi connectivity index (χ4v) is 8.09. The molecule has 12 heteroatoms. The molecule has 3 fully saturated rings. The Hall–Kier alpha value is -2.70. The van der Waals surface area contributed by atoms with Crippen molar-refractivity contribution in [1.82, 2.24) is 25.8 Å². The van der Waals surface area contributed by atoms with Crippen molar-refractivity contribution in [3.05, 3.63) is 35.9 Å². The van der Waals surface area contributed by atoms with Crippen LogP contribution in [0.2, 0.25) is 0 Å². The maximum atomic E-state index is 14.2. The molecule has 48 heavy (non-hydrogen) atoms. The number of aliphatic hydroxyl groups excluding tert-OH is 1. The lowest BCUT2D eigenvalue weighted by molar-refractivity contribution is -0.133. The maximum Gasteiger partial charge on any atom is 0.318 e. The van der Waals surface area contributed by atoms with Gasteiger partial charge in [0.2, 0.25) is 11.8 Å². The second-order valence-corrected chi connectivity index (χ2v) is 18.5. The van der Waals surface area contributed by atoms with Crippen LogP contribution in [0, 0.1) is 11.8 Å². The predicted molar refractivity (Wildman–Crippen MR) is 188 cm³/mol. The van der Waals surface area contributed by atoms with E-state index in [1.165, 1.54) is 20.3 Å². The highest BCUT2D eigenvalue weighted by Gasteiger charge is 2.46. The second-order valence-electron chi connectivity index (χ2n) is 15.9. The van der Waals surface area contributed by atoms with Gasteiger partial charge in [0.1, 0.15) is 6.04 Å². The number of likely N-dealkylation sites (tertiary alicyclic amines) is 2. The first-order valence-corrected chi connectivity index (χ1v) is 19.7. The van der Waals surface area contributed by atoms with Crippen LogP contribution in [-0.4, -0.2) is 108 Å². The number of sulfone groups is 1. The first-order valence-electron chi connectivity index (χ1n) is 17.8. The molecule has 0 spiro atoms. The second kappa shape index (κ2) is 15.9. The summed E-state index contributed by atoms with van der Waals surface area (Å²) in [5.41, 5.74) is 0.473. The lowest BCUT2D eigenvalue weighted by Crippen LogP contribution is -2.65. The van der Waals surface area contributed by atoms with Crippen LogP contribution < -0.4 is 16.0 Å². The highest BCUT2D eigenvalue weighted by atomic mass is 32.2. The minimum absolute atomic E-state index is 0.0576. The zero-order valence-electron chi connectivity index (χ0n) is 29.8. The van der Waals surface area contributed by atoms with Gasteiger partial charge >= 0.3 is 6.03 Å². The Morgan fingerprint density at radius 2 is 1.54 bits per heavy atom. The summed E-state index contributed by atoms with van der Waals surface area (Å²) in [7, 11) is -3.81. The smallest absolute Gasteiger partial charge is 0.318 e. The number of amides is 4. The van der Waals surface area contributed by atoms with Crippen molar-refractivity contribution < 1.29 is 27.9 Å². The average molecular weight is 690 g/mol. The van der Waals surface area contributed by atoms with Gasteiger partial charge in [-0.05, 0) is 90.5 Å². The summed E-state index contributed by atoms with van der Waals surface area (Å²) in [6, 6.07) is 6.37. The summed E-state index contributed by atoms with van der Waals surface area (Å²) in [6.45, 7) is 10.7. The van der Waals surface area contributed by atoms with E-state index in [1.54, 1.807) is 4.90 Å². The van der Waals surface area contributed by atoms with Crippen molar-refractivity contribution in [3.63, 3.8) is 0 Å². The number of nitrogens with zero attached hydrogens (tertiary/aromatic N) is 2.